The summed E-state index contributed by atoms with van der Waals surface area (Å²) in [4.78, 5) is 0.274. The van der Waals surface area contributed by atoms with Gasteiger partial charge in [-0.3, -0.25) is 0 Å². The van der Waals surface area contributed by atoms with E-state index in [9.17, 15) is 8.42 Å². The molecule has 0 amide bonds. The predicted molar refractivity (Wildman–Crippen MR) is 81.3 cm³/mol. The molecule has 3 N–H and O–H groups in total. The Hall–Kier alpha value is -1.11. The molecule has 0 atom stereocenters. The van der Waals surface area contributed by atoms with Crippen molar-refractivity contribution < 1.29 is 13.5 Å². The second kappa shape index (κ2) is 8.24. The Balaban J connectivity index is 2.73. The number of anilines is 1. The van der Waals surface area contributed by atoms with E-state index in [0.717, 1.165) is 19.3 Å². The second-order valence-corrected chi connectivity index (χ2v) is 6.67. The third-order valence-electron chi connectivity index (χ3n) is 2.72. The molecule has 0 aliphatic rings. The van der Waals surface area contributed by atoms with Crippen molar-refractivity contribution in [1.82, 2.24) is 4.72 Å². The Kier molecular flexibility index (Phi) is 6.98. The Labute approximate surface area is 121 Å². The lowest BCUT2D eigenvalue weighted by Gasteiger charge is -2.14. The number of hydrogen-bond donors (Lipinski definition) is 3. The van der Waals surface area contributed by atoms with E-state index in [0.29, 0.717) is 12.2 Å². The van der Waals surface area contributed by atoms with Gasteiger partial charge in [-0.15, -0.1) is 0 Å². The van der Waals surface area contributed by atoms with Crippen LogP contribution >= 0.6 is 0 Å². The van der Waals surface area contributed by atoms with Crippen LogP contribution in [0.1, 0.15) is 33.1 Å². The quantitative estimate of drug-likeness (QED) is 0.609. The zero-order valence-corrected chi connectivity index (χ0v) is 12.9. The molecule has 1 rings (SSSR count). The van der Waals surface area contributed by atoms with E-state index in [2.05, 4.69) is 10.0 Å². The Bertz CT molecular complexity index is 501. The summed E-state index contributed by atoms with van der Waals surface area (Å²) in [5, 5.41) is 11.9. The lowest BCUT2D eigenvalue weighted by molar-refractivity contribution is 0.283. The molecule has 20 heavy (non-hydrogen) atoms. The number of para-hydroxylation sites is 1. The van der Waals surface area contributed by atoms with Crippen LogP contribution in [0.4, 0.5) is 5.69 Å². The van der Waals surface area contributed by atoms with Crippen LogP contribution in [0.2, 0.25) is 0 Å². The maximum Gasteiger partial charge on any atom is 0.242 e. The zero-order valence-electron chi connectivity index (χ0n) is 12.1. The molecule has 114 valence electrons. The van der Waals surface area contributed by atoms with Crippen LogP contribution in [0.15, 0.2) is 29.2 Å². The van der Waals surface area contributed by atoms with Gasteiger partial charge in [-0.05, 0) is 45.2 Å². The fourth-order valence-corrected chi connectivity index (χ4v) is 3.29. The van der Waals surface area contributed by atoms with Crippen LogP contribution in [0.5, 0.6) is 0 Å². The zero-order chi connectivity index (χ0) is 15.0. The Morgan fingerprint density at radius 2 is 1.85 bits per heavy atom. The predicted octanol–water partition coefficient (Wildman–Crippen LogP) is 1.95. The molecule has 0 unspecified atom stereocenters. The van der Waals surface area contributed by atoms with Crippen LogP contribution in [0, 0.1) is 0 Å². The fourth-order valence-electron chi connectivity index (χ4n) is 1.86. The van der Waals surface area contributed by atoms with Crippen LogP contribution in [-0.2, 0) is 10.0 Å². The molecular formula is C14H24N2O3S. The van der Waals surface area contributed by atoms with Gasteiger partial charge in [-0.1, -0.05) is 12.1 Å². The number of aliphatic hydroxyl groups excluding tert-OH is 1. The van der Waals surface area contributed by atoms with Gasteiger partial charge in [0, 0.05) is 19.2 Å². The van der Waals surface area contributed by atoms with E-state index in [1.54, 1.807) is 32.0 Å². The second-order valence-electron chi connectivity index (χ2n) is 4.98. The molecular weight excluding hydrogens is 276 g/mol. The molecule has 0 spiro atoms. The van der Waals surface area contributed by atoms with Gasteiger partial charge in [0.1, 0.15) is 4.90 Å². The molecule has 5 nitrogen and oxygen atoms in total. The number of hydrogen-bond acceptors (Lipinski definition) is 4. The van der Waals surface area contributed by atoms with Crippen LogP contribution < -0.4 is 10.0 Å². The van der Waals surface area contributed by atoms with Crippen molar-refractivity contribution in [1.29, 1.82) is 0 Å². The van der Waals surface area contributed by atoms with Crippen molar-refractivity contribution in [3.05, 3.63) is 24.3 Å². The van der Waals surface area contributed by atoms with E-state index in [-0.39, 0.29) is 17.5 Å². The number of rotatable bonds is 9. The summed E-state index contributed by atoms with van der Waals surface area (Å²) in [6.07, 6.45) is 2.59. The minimum absolute atomic E-state index is 0.141. The maximum absolute atomic E-state index is 12.2. The summed E-state index contributed by atoms with van der Waals surface area (Å²) >= 11 is 0. The van der Waals surface area contributed by atoms with Crippen molar-refractivity contribution in [2.75, 3.05) is 18.5 Å². The van der Waals surface area contributed by atoms with Gasteiger partial charge in [0.25, 0.3) is 0 Å². The van der Waals surface area contributed by atoms with Gasteiger partial charge in [0.15, 0.2) is 0 Å². The highest BCUT2D eigenvalue weighted by atomic mass is 32.2. The summed E-state index contributed by atoms with van der Waals surface area (Å²) in [5.74, 6) is 0. The first-order valence-corrected chi connectivity index (χ1v) is 8.42. The highest BCUT2D eigenvalue weighted by molar-refractivity contribution is 7.89. The summed E-state index contributed by atoms with van der Waals surface area (Å²) in [6, 6.07) is 6.75. The summed E-state index contributed by atoms with van der Waals surface area (Å²) in [5.41, 5.74) is 0.615. The van der Waals surface area contributed by atoms with Crippen LogP contribution in [0.25, 0.3) is 0 Å². The van der Waals surface area contributed by atoms with Crippen molar-refractivity contribution in [2.24, 2.45) is 0 Å². The monoisotopic (exact) mass is 300 g/mol. The molecule has 0 aliphatic heterocycles. The third-order valence-corrected chi connectivity index (χ3v) is 4.43. The SMILES string of the molecule is CC(C)NS(=O)(=O)c1ccccc1NCCCCCO. The van der Waals surface area contributed by atoms with Crippen molar-refractivity contribution in [2.45, 2.75) is 44.0 Å². The maximum atomic E-state index is 12.2. The molecule has 6 heteroatoms. The van der Waals surface area contributed by atoms with Crippen LogP contribution in [0.3, 0.4) is 0 Å². The minimum Gasteiger partial charge on any atom is -0.396 e. The van der Waals surface area contributed by atoms with Crippen molar-refractivity contribution in [3.63, 3.8) is 0 Å². The molecule has 0 bridgehead atoms. The van der Waals surface area contributed by atoms with Gasteiger partial charge >= 0.3 is 0 Å². The fraction of sp³-hybridized carbons (Fsp3) is 0.571. The molecule has 0 radical (unpaired) electrons. The van der Waals surface area contributed by atoms with Gasteiger partial charge in [0.2, 0.25) is 10.0 Å². The number of unbranched alkanes of at least 4 members (excludes halogenated alkanes) is 2. The first kappa shape index (κ1) is 16.9. The van der Waals surface area contributed by atoms with E-state index in [4.69, 9.17) is 5.11 Å². The van der Waals surface area contributed by atoms with Gasteiger partial charge in [-0.2, -0.15) is 0 Å². The Morgan fingerprint density at radius 1 is 1.15 bits per heavy atom. The van der Waals surface area contributed by atoms with E-state index in [1.165, 1.54) is 0 Å². The van der Waals surface area contributed by atoms with Crippen molar-refractivity contribution >= 4 is 15.7 Å². The average Bonchev–Trinajstić information content (AvgIpc) is 2.37. The van der Waals surface area contributed by atoms with Gasteiger partial charge in [0.05, 0.1) is 5.69 Å². The first-order chi connectivity index (χ1) is 9.47. The average molecular weight is 300 g/mol. The van der Waals surface area contributed by atoms with E-state index >= 15 is 0 Å². The smallest absolute Gasteiger partial charge is 0.242 e. The van der Waals surface area contributed by atoms with Crippen LogP contribution in [-0.4, -0.2) is 32.7 Å². The lowest BCUT2D eigenvalue weighted by Crippen LogP contribution is -2.30. The molecule has 0 fully saturated rings. The highest BCUT2D eigenvalue weighted by Gasteiger charge is 2.18. The van der Waals surface area contributed by atoms with E-state index in [1.807, 2.05) is 6.07 Å². The number of aliphatic hydroxyl groups is 1. The number of benzene rings is 1. The molecule has 0 heterocycles. The third kappa shape index (κ3) is 5.48. The topological polar surface area (TPSA) is 78.4 Å². The normalized spacial score (nSPS) is 11.8. The molecule has 1 aromatic carbocycles. The lowest BCUT2D eigenvalue weighted by atomic mass is 10.2. The molecule has 1 aromatic rings. The molecule has 0 aliphatic carbocycles. The number of nitrogens with one attached hydrogen (secondary N) is 2. The standard InChI is InChI=1S/C14H24N2O3S/c1-12(2)16-20(18,19)14-9-5-4-8-13(14)15-10-6-3-7-11-17/h4-5,8-9,12,15-17H,3,6-7,10-11H2,1-2H3. The summed E-state index contributed by atoms with van der Waals surface area (Å²) in [6.45, 7) is 4.47. The number of sulfonamides is 1. The van der Waals surface area contributed by atoms with E-state index < -0.39 is 10.0 Å². The van der Waals surface area contributed by atoms with Gasteiger partial charge in [-0.25, -0.2) is 13.1 Å². The van der Waals surface area contributed by atoms with Crippen molar-refractivity contribution in [3.8, 4) is 0 Å². The highest BCUT2D eigenvalue weighted by Crippen LogP contribution is 2.21. The van der Waals surface area contributed by atoms with Gasteiger partial charge < -0.3 is 10.4 Å². The summed E-state index contributed by atoms with van der Waals surface area (Å²) < 4.78 is 27.0. The first-order valence-electron chi connectivity index (χ1n) is 6.93. The molecule has 0 saturated carbocycles. The summed E-state index contributed by atoms with van der Waals surface area (Å²) in [7, 11) is -3.49. The largest absolute Gasteiger partial charge is 0.396 e. The minimum atomic E-state index is -3.49. The molecule has 0 saturated heterocycles. The molecule has 0 aromatic heterocycles. The Morgan fingerprint density at radius 3 is 2.50 bits per heavy atom.